The van der Waals surface area contributed by atoms with Crippen molar-refractivity contribution in [2.24, 2.45) is 5.92 Å². The molecule has 0 aromatic heterocycles. The number of ketones is 1. The van der Waals surface area contributed by atoms with Crippen LogP contribution in [0, 0.1) is 5.92 Å². The second-order valence-electron chi connectivity index (χ2n) is 5.59. The van der Waals surface area contributed by atoms with Crippen molar-refractivity contribution < 1.29 is 4.79 Å². The molecule has 3 heteroatoms. The lowest BCUT2D eigenvalue weighted by atomic mass is 9.82. The van der Waals surface area contributed by atoms with E-state index in [0.717, 1.165) is 32.5 Å². The Kier molecular flexibility index (Phi) is 2.99. The van der Waals surface area contributed by atoms with E-state index in [0.29, 0.717) is 11.7 Å². The Morgan fingerprint density at radius 3 is 2.31 bits per heavy atom. The van der Waals surface area contributed by atoms with Crippen LogP contribution in [0.4, 0.5) is 0 Å². The first-order valence-corrected chi connectivity index (χ1v) is 6.85. The highest BCUT2D eigenvalue weighted by Gasteiger charge is 2.41. The lowest BCUT2D eigenvalue weighted by Gasteiger charge is -2.46. The Labute approximate surface area is 97.8 Å². The zero-order valence-corrected chi connectivity index (χ0v) is 10.0. The second-order valence-corrected chi connectivity index (χ2v) is 5.59. The van der Waals surface area contributed by atoms with Crippen molar-refractivity contribution in [2.45, 2.75) is 38.1 Å². The number of nitrogens with zero attached hydrogens (tertiary/aromatic N) is 2. The number of rotatable bonds is 2. The van der Waals surface area contributed by atoms with E-state index in [2.05, 4.69) is 9.80 Å². The summed E-state index contributed by atoms with van der Waals surface area (Å²) >= 11 is 0. The summed E-state index contributed by atoms with van der Waals surface area (Å²) in [5.41, 5.74) is 0. The fourth-order valence-corrected chi connectivity index (χ4v) is 3.54. The van der Waals surface area contributed by atoms with Gasteiger partial charge >= 0.3 is 0 Å². The van der Waals surface area contributed by atoms with Gasteiger partial charge in [0.25, 0.3) is 0 Å². The monoisotopic (exact) mass is 222 g/mol. The molecule has 0 amide bonds. The van der Waals surface area contributed by atoms with Crippen molar-refractivity contribution in [3.63, 3.8) is 0 Å². The van der Waals surface area contributed by atoms with Crippen LogP contribution in [0.5, 0.6) is 0 Å². The van der Waals surface area contributed by atoms with Crippen LogP contribution in [-0.4, -0.2) is 54.3 Å². The Balaban J connectivity index is 1.63. The van der Waals surface area contributed by atoms with E-state index in [1.165, 1.54) is 32.4 Å². The fraction of sp³-hybridized carbons (Fsp3) is 0.923. The van der Waals surface area contributed by atoms with Crippen molar-refractivity contribution in [1.82, 2.24) is 9.80 Å². The summed E-state index contributed by atoms with van der Waals surface area (Å²) in [5, 5.41) is 0. The second kappa shape index (κ2) is 4.46. The van der Waals surface area contributed by atoms with E-state index in [1.807, 2.05) is 0 Å². The molecule has 4 aliphatic rings. The number of carbonyl (C=O) groups is 1. The van der Waals surface area contributed by atoms with Crippen LogP contribution < -0.4 is 0 Å². The summed E-state index contributed by atoms with van der Waals surface area (Å²) in [7, 11) is 0. The molecule has 3 nitrogen and oxygen atoms in total. The summed E-state index contributed by atoms with van der Waals surface area (Å²) in [6.45, 7) is 5.75. The molecule has 16 heavy (non-hydrogen) atoms. The van der Waals surface area contributed by atoms with E-state index in [4.69, 9.17) is 0 Å². The minimum atomic E-state index is 0.241. The highest BCUT2D eigenvalue weighted by Crippen LogP contribution is 2.29. The molecule has 1 unspecified atom stereocenters. The molecule has 90 valence electrons. The van der Waals surface area contributed by atoms with Gasteiger partial charge in [0, 0.05) is 12.5 Å². The number of hydrogen-bond donors (Lipinski definition) is 0. The van der Waals surface area contributed by atoms with Gasteiger partial charge in [-0.05, 0) is 51.9 Å². The molecule has 0 aromatic rings. The van der Waals surface area contributed by atoms with Crippen LogP contribution in [0.2, 0.25) is 0 Å². The average molecular weight is 222 g/mol. The quantitative estimate of drug-likeness (QED) is 0.700. The highest BCUT2D eigenvalue weighted by molar-refractivity contribution is 5.88. The lowest BCUT2D eigenvalue weighted by molar-refractivity contribution is -0.138. The van der Waals surface area contributed by atoms with Crippen molar-refractivity contribution in [3.8, 4) is 0 Å². The van der Waals surface area contributed by atoms with Gasteiger partial charge in [-0.1, -0.05) is 6.42 Å². The number of piperidine rings is 4. The van der Waals surface area contributed by atoms with Crippen LogP contribution in [-0.2, 0) is 4.79 Å². The number of hydrogen-bond acceptors (Lipinski definition) is 3. The molecule has 1 atom stereocenters. The normalized spacial score (nSPS) is 40.2. The van der Waals surface area contributed by atoms with E-state index in [1.54, 1.807) is 0 Å². The van der Waals surface area contributed by atoms with Gasteiger partial charge in [0.2, 0.25) is 0 Å². The van der Waals surface area contributed by atoms with E-state index in [9.17, 15) is 4.79 Å². The fourth-order valence-electron chi connectivity index (χ4n) is 3.54. The summed E-state index contributed by atoms with van der Waals surface area (Å²) < 4.78 is 0. The topological polar surface area (TPSA) is 23.6 Å². The Morgan fingerprint density at radius 1 is 1.00 bits per heavy atom. The van der Waals surface area contributed by atoms with E-state index < -0.39 is 0 Å². The maximum Gasteiger partial charge on any atom is 0.154 e. The van der Waals surface area contributed by atoms with Gasteiger partial charge in [0.1, 0.15) is 0 Å². The molecule has 0 spiro atoms. The molecule has 0 aliphatic carbocycles. The lowest BCUT2D eigenvalue weighted by Crippen LogP contribution is -2.59. The van der Waals surface area contributed by atoms with E-state index >= 15 is 0 Å². The molecule has 4 rings (SSSR count). The SMILES string of the molecule is O=C1C2CCN(CC2)C1CN1CCCCC1. The summed E-state index contributed by atoms with van der Waals surface area (Å²) in [4.78, 5) is 17.1. The van der Waals surface area contributed by atoms with Crippen LogP contribution in [0.3, 0.4) is 0 Å². The Morgan fingerprint density at radius 2 is 1.69 bits per heavy atom. The molecule has 4 saturated heterocycles. The van der Waals surface area contributed by atoms with Gasteiger partial charge in [0.05, 0.1) is 6.04 Å². The molecular formula is C13H22N2O. The van der Waals surface area contributed by atoms with Gasteiger partial charge in [-0.2, -0.15) is 0 Å². The molecule has 0 N–H and O–H groups in total. The molecule has 0 saturated carbocycles. The third-order valence-corrected chi connectivity index (χ3v) is 4.58. The maximum absolute atomic E-state index is 12.2. The third kappa shape index (κ3) is 1.91. The van der Waals surface area contributed by atoms with Crippen LogP contribution in [0.25, 0.3) is 0 Å². The molecule has 0 aromatic carbocycles. The number of Topliss-reactive ketones (excluding diaryl/α,β-unsaturated/α-hetero) is 1. The number of likely N-dealkylation sites (tertiary alicyclic amines) is 1. The zero-order valence-electron chi connectivity index (χ0n) is 10.0. The van der Waals surface area contributed by atoms with Gasteiger partial charge < -0.3 is 4.90 Å². The van der Waals surface area contributed by atoms with Gasteiger partial charge in [0.15, 0.2) is 5.78 Å². The van der Waals surface area contributed by atoms with Crippen molar-refractivity contribution in [3.05, 3.63) is 0 Å². The summed E-state index contributed by atoms with van der Waals surface area (Å²) in [6.07, 6.45) is 6.26. The standard InChI is InChI=1S/C13H22N2O/c16-13-11-4-8-15(9-5-11)12(13)10-14-6-2-1-3-7-14/h11-12H,1-10H2. The highest BCUT2D eigenvalue weighted by atomic mass is 16.1. The number of fused-ring (bicyclic) bond motifs is 3. The predicted molar refractivity (Wildman–Crippen MR) is 63.4 cm³/mol. The van der Waals surface area contributed by atoms with Gasteiger partial charge in [-0.15, -0.1) is 0 Å². The average Bonchev–Trinajstić information content (AvgIpc) is 2.36. The molecule has 4 heterocycles. The molecular weight excluding hydrogens is 200 g/mol. The Hall–Kier alpha value is -0.410. The van der Waals surface area contributed by atoms with Crippen molar-refractivity contribution >= 4 is 5.78 Å². The van der Waals surface area contributed by atoms with E-state index in [-0.39, 0.29) is 6.04 Å². The van der Waals surface area contributed by atoms with Gasteiger partial charge in [-0.3, -0.25) is 9.69 Å². The smallest absolute Gasteiger partial charge is 0.154 e. The molecule has 4 aliphatic heterocycles. The van der Waals surface area contributed by atoms with Crippen LogP contribution in [0.15, 0.2) is 0 Å². The largest absolute Gasteiger partial charge is 0.301 e. The summed E-state index contributed by atoms with van der Waals surface area (Å²) in [6, 6.07) is 0.241. The van der Waals surface area contributed by atoms with Crippen molar-refractivity contribution in [2.75, 3.05) is 32.7 Å². The molecule has 4 fully saturated rings. The molecule has 2 bridgehead atoms. The summed E-state index contributed by atoms with van der Waals surface area (Å²) in [5.74, 6) is 0.947. The molecule has 0 radical (unpaired) electrons. The van der Waals surface area contributed by atoms with Crippen LogP contribution in [0.1, 0.15) is 32.1 Å². The van der Waals surface area contributed by atoms with Crippen molar-refractivity contribution in [1.29, 1.82) is 0 Å². The third-order valence-electron chi connectivity index (χ3n) is 4.58. The Bertz CT molecular complexity index is 265. The number of carbonyl (C=O) groups excluding carboxylic acids is 1. The first-order valence-electron chi connectivity index (χ1n) is 6.85. The minimum Gasteiger partial charge on any atom is -0.301 e. The first kappa shape index (κ1) is 10.7. The zero-order chi connectivity index (χ0) is 11.0. The first-order chi connectivity index (χ1) is 7.84. The van der Waals surface area contributed by atoms with Crippen LogP contribution >= 0.6 is 0 Å². The van der Waals surface area contributed by atoms with Gasteiger partial charge in [-0.25, -0.2) is 0 Å². The predicted octanol–water partition coefficient (Wildman–Crippen LogP) is 1.14. The maximum atomic E-state index is 12.2. The minimum absolute atomic E-state index is 0.241.